The maximum absolute atomic E-state index is 7.89. The Bertz CT molecular complexity index is 492. The first-order valence-corrected chi connectivity index (χ1v) is 7.79. The van der Waals surface area contributed by atoms with Crippen LogP contribution in [0.1, 0.15) is 42.7 Å². The predicted octanol–water partition coefficient (Wildman–Crippen LogP) is 4.31. The highest BCUT2D eigenvalue weighted by atomic mass is 79.9. The predicted molar refractivity (Wildman–Crippen MR) is 81.1 cm³/mol. The van der Waals surface area contributed by atoms with E-state index in [4.69, 9.17) is 10.1 Å². The molecule has 2 nitrogen and oxygen atoms in total. The Balaban J connectivity index is 1.91. The van der Waals surface area contributed by atoms with E-state index in [9.17, 15) is 0 Å². The van der Waals surface area contributed by atoms with E-state index in [0.29, 0.717) is 6.10 Å². The summed E-state index contributed by atoms with van der Waals surface area (Å²) in [5, 5.41) is 7.89. The SMILES string of the molecule is CO[C@H]1CC[C@]2(CC1)Cc1ccc(Br)cc1C2C=N. The van der Waals surface area contributed by atoms with Gasteiger partial charge >= 0.3 is 0 Å². The molecule has 0 heterocycles. The van der Waals surface area contributed by atoms with Crippen LogP contribution in [0.2, 0.25) is 0 Å². The summed E-state index contributed by atoms with van der Waals surface area (Å²) < 4.78 is 6.62. The van der Waals surface area contributed by atoms with Gasteiger partial charge in [-0.2, -0.15) is 0 Å². The quantitative estimate of drug-likeness (QED) is 0.809. The first-order chi connectivity index (χ1) is 9.18. The number of benzene rings is 1. The van der Waals surface area contributed by atoms with E-state index < -0.39 is 0 Å². The molecule has 3 heteroatoms. The molecule has 0 amide bonds. The average Bonchev–Trinajstić information content (AvgIpc) is 2.72. The fourth-order valence-electron chi connectivity index (χ4n) is 3.99. The van der Waals surface area contributed by atoms with Crippen molar-refractivity contribution in [3.8, 4) is 0 Å². The third kappa shape index (κ3) is 2.17. The van der Waals surface area contributed by atoms with E-state index in [1.807, 2.05) is 7.11 Å². The van der Waals surface area contributed by atoms with Gasteiger partial charge in [-0.1, -0.05) is 22.0 Å². The maximum Gasteiger partial charge on any atom is 0.0571 e. The fraction of sp³-hybridized carbons (Fsp3) is 0.562. The van der Waals surface area contributed by atoms with Crippen molar-refractivity contribution >= 4 is 22.1 Å². The van der Waals surface area contributed by atoms with Crippen molar-refractivity contribution in [2.75, 3.05) is 7.11 Å². The summed E-state index contributed by atoms with van der Waals surface area (Å²) in [4.78, 5) is 0. The summed E-state index contributed by atoms with van der Waals surface area (Å²) in [5.41, 5.74) is 3.08. The minimum atomic E-state index is 0.278. The van der Waals surface area contributed by atoms with Crippen molar-refractivity contribution in [1.29, 1.82) is 5.41 Å². The highest BCUT2D eigenvalue weighted by molar-refractivity contribution is 9.10. The number of ether oxygens (including phenoxy) is 1. The normalized spacial score (nSPS) is 33.4. The number of halogens is 1. The molecule has 1 atom stereocenters. The molecular weight excluding hydrogens is 302 g/mol. The van der Waals surface area contributed by atoms with Gasteiger partial charge in [-0.15, -0.1) is 0 Å². The first kappa shape index (κ1) is 13.3. The third-order valence-electron chi connectivity index (χ3n) is 5.07. The Labute approximate surface area is 123 Å². The monoisotopic (exact) mass is 321 g/mol. The fourth-order valence-corrected chi connectivity index (χ4v) is 4.37. The van der Waals surface area contributed by atoms with Gasteiger partial charge in [0.05, 0.1) is 6.10 Å². The van der Waals surface area contributed by atoms with Crippen LogP contribution in [0.5, 0.6) is 0 Å². The van der Waals surface area contributed by atoms with E-state index >= 15 is 0 Å². The van der Waals surface area contributed by atoms with Crippen molar-refractivity contribution in [1.82, 2.24) is 0 Å². The minimum Gasteiger partial charge on any atom is -0.381 e. The van der Waals surface area contributed by atoms with Gasteiger partial charge in [-0.25, -0.2) is 0 Å². The Kier molecular flexibility index (Phi) is 3.52. The van der Waals surface area contributed by atoms with Gasteiger partial charge in [0.1, 0.15) is 0 Å². The number of rotatable bonds is 2. The van der Waals surface area contributed by atoms with Gasteiger partial charge in [0.15, 0.2) is 0 Å². The molecule has 1 unspecified atom stereocenters. The van der Waals surface area contributed by atoms with Crippen LogP contribution in [0.15, 0.2) is 22.7 Å². The molecule has 1 aromatic rings. The van der Waals surface area contributed by atoms with Crippen LogP contribution >= 0.6 is 15.9 Å². The van der Waals surface area contributed by atoms with Crippen LogP contribution in [-0.4, -0.2) is 19.4 Å². The van der Waals surface area contributed by atoms with Crippen LogP contribution in [0.25, 0.3) is 0 Å². The van der Waals surface area contributed by atoms with E-state index in [-0.39, 0.29) is 11.3 Å². The van der Waals surface area contributed by atoms with E-state index in [2.05, 4.69) is 34.1 Å². The highest BCUT2D eigenvalue weighted by Crippen LogP contribution is 2.55. The lowest BCUT2D eigenvalue weighted by molar-refractivity contribution is 0.0272. The Morgan fingerprint density at radius 1 is 1.37 bits per heavy atom. The summed E-state index contributed by atoms with van der Waals surface area (Å²) in [7, 11) is 1.82. The van der Waals surface area contributed by atoms with Gasteiger partial charge < -0.3 is 10.1 Å². The lowest BCUT2D eigenvalue weighted by Gasteiger charge is -2.40. The van der Waals surface area contributed by atoms with Crippen molar-refractivity contribution in [2.24, 2.45) is 5.41 Å². The lowest BCUT2D eigenvalue weighted by Crippen LogP contribution is -2.34. The molecule has 2 aliphatic rings. The molecule has 0 bridgehead atoms. The lowest BCUT2D eigenvalue weighted by atomic mass is 9.66. The molecule has 0 radical (unpaired) electrons. The molecule has 1 aromatic carbocycles. The Morgan fingerprint density at radius 3 is 2.74 bits per heavy atom. The summed E-state index contributed by atoms with van der Waals surface area (Å²) in [6.45, 7) is 0. The van der Waals surface area contributed by atoms with Crippen molar-refractivity contribution < 1.29 is 4.74 Å². The zero-order valence-corrected chi connectivity index (χ0v) is 12.9. The van der Waals surface area contributed by atoms with Gasteiger partial charge in [0.25, 0.3) is 0 Å². The molecule has 2 aliphatic carbocycles. The molecule has 1 spiro atoms. The van der Waals surface area contributed by atoms with E-state index in [1.54, 1.807) is 6.21 Å². The second-order valence-electron chi connectivity index (χ2n) is 5.96. The number of hydrogen-bond donors (Lipinski definition) is 1. The molecule has 102 valence electrons. The Hall–Kier alpha value is -0.670. The van der Waals surface area contributed by atoms with Crippen molar-refractivity contribution in [2.45, 2.75) is 44.1 Å². The van der Waals surface area contributed by atoms with Gasteiger partial charge in [-0.05, 0) is 60.8 Å². The van der Waals surface area contributed by atoms with Crippen LogP contribution in [0.4, 0.5) is 0 Å². The van der Waals surface area contributed by atoms with Gasteiger partial charge in [0, 0.05) is 23.7 Å². The summed E-state index contributed by atoms with van der Waals surface area (Å²) in [6, 6.07) is 6.56. The van der Waals surface area contributed by atoms with Crippen LogP contribution < -0.4 is 0 Å². The topological polar surface area (TPSA) is 33.1 Å². The zero-order chi connectivity index (χ0) is 13.5. The maximum atomic E-state index is 7.89. The second kappa shape index (κ2) is 5.02. The van der Waals surface area contributed by atoms with Crippen LogP contribution in [0.3, 0.4) is 0 Å². The third-order valence-corrected chi connectivity index (χ3v) is 5.57. The van der Waals surface area contributed by atoms with Crippen LogP contribution in [-0.2, 0) is 11.2 Å². The Morgan fingerprint density at radius 2 is 2.11 bits per heavy atom. The molecule has 1 fully saturated rings. The number of methoxy groups -OCH3 is 1. The number of fused-ring (bicyclic) bond motifs is 1. The van der Waals surface area contributed by atoms with Gasteiger partial charge in [-0.3, -0.25) is 0 Å². The summed E-state index contributed by atoms with van der Waals surface area (Å²) >= 11 is 3.56. The standard InChI is InChI=1S/C16H20BrNO/c1-19-13-4-6-16(7-5-13)9-11-2-3-12(17)8-14(11)15(16)10-18/h2-3,8,10,13,15,18H,4-7,9H2,1H3/t13-,15?,16-. The second-order valence-corrected chi connectivity index (χ2v) is 6.88. The molecule has 19 heavy (non-hydrogen) atoms. The highest BCUT2D eigenvalue weighted by Gasteiger charge is 2.46. The molecule has 3 rings (SSSR count). The molecule has 0 aliphatic heterocycles. The van der Waals surface area contributed by atoms with Gasteiger partial charge in [0.2, 0.25) is 0 Å². The van der Waals surface area contributed by atoms with Crippen molar-refractivity contribution in [3.05, 3.63) is 33.8 Å². The molecule has 1 saturated carbocycles. The summed E-state index contributed by atoms with van der Waals surface area (Å²) in [5.74, 6) is 0.290. The van der Waals surface area contributed by atoms with E-state index in [1.165, 1.54) is 24.0 Å². The number of hydrogen-bond acceptors (Lipinski definition) is 2. The largest absolute Gasteiger partial charge is 0.381 e. The van der Waals surface area contributed by atoms with Crippen LogP contribution in [0, 0.1) is 10.8 Å². The zero-order valence-electron chi connectivity index (χ0n) is 11.3. The number of nitrogens with one attached hydrogen (secondary N) is 1. The molecule has 1 N–H and O–H groups in total. The average molecular weight is 322 g/mol. The molecule has 0 aromatic heterocycles. The van der Waals surface area contributed by atoms with Crippen molar-refractivity contribution in [3.63, 3.8) is 0 Å². The molecular formula is C16H20BrNO. The minimum absolute atomic E-state index is 0.278. The summed E-state index contributed by atoms with van der Waals surface area (Å²) in [6.07, 6.45) is 7.85. The smallest absolute Gasteiger partial charge is 0.0571 e. The first-order valence-electron chi connectivity index (χ1n) is 7.00. The molecule has 0 saturated heterocycles. The van der Waals surface area contributed by atoms with E-state index in [0.717, 1.165) is 23.7 Å².